The van der Waals surface area contributed by atoms with Gasteiger partial charge >= 0.3 is 0 Å². The van der Waals surface area contributed by atoms with Gasteiger partial charge in [-0.25, -0.2) is 0 Å². The maximum Gasteiger partial charge on any atom is 0.155 e. The minimum absolute atomic E-state index is 0.407. The molecule has 0 aliphatic heterocycles. The Morgan fingerprint density at radius 2 is 1.87 bits per heavy atom. The minimum Gasteiger partial charge on any atom is -0.454 e. The second kappa shape index (κ2) is 7.88. The van der Waals surface area contributed by atoms with Crippen molar-refractivity contribution in [1.82, 2.24) is 4.98 Å². The second-order valence-electron chi connectivity index (χ2n) is 7.89. The summed E-state index contributed by atoms with van der Waals surface area (Å²) in [5.74, 6) is 6.52. The number of aromatic nitrogens is 1. The molecule has 30 heavy (non-hydrogen) atoms. The summed E-state index contributed by atoms with van der Waals surface area (Å²) in [6.07, 6.45) is 3.41. The fourth-order valence-corrected chi connectivity index (χ4v) is 2.99. The number of pyridine rings is 1. The third-order valence-corrected chi connectivity index (χ3v) is 4.37. The van der Waals surface area contributed by atoms with Crippen molar-refractivity contribution in [1.29, 1.82) is 0 Å². The van der Waals surface area contributed by atoms with Gasteiger partial charge in [0.05, 0.1) is 0 Å². The molecule has 0 atom stereocenters. The van der Waals surface area contributed by atoms with Gasteiger partial charge in [-0.15, -0.1) is 0 Å². The Labute approximate surface area is 175 Å². The molecule has 0 saturated carbocycles. The van der Waals surface area contributed by atoms with E-state index in [-0.39, 0.29) is 0 Å². The Hall–Kier alpha value is -3.84. The van der Waals surface area contributed by atoms with Gasteiger partial charge in [-0.2, -0.15) is 0 Å². The zero-order valence-corrected chi connectivity index (χ0v) is 17.3. The van der Waals surface area contributed by atoms with Gasteiger partial charge in [0.2, 0.25) is 0 Å². The van der Waals surface area contributed by atoms with Crippen molar-refractivity contribution in [2.24, 2.45) is 5.16 Å². The molecule has 0 fully saturated rings. The largest absolute Gasteiger partial charge is 0.454 e. The molecule has 0 amide bonds. The lowest BCUT2D eigenvalue weighted by Crippen LogP contribution is -2.18. The van der Waals surface area contributed by atoms with E-state index in [1.165, 1.54) is 0 Å². The van der Waals surface area contributed by atoms with Gasteiger partial charge in [-0.3, -0.25) is 4.98 Å². The lowest BCUT2D eigenvalue weighted by atomic mass is 10.1. The summed E-state index contributed by atoms with van der Waals surface area (Å²) >= 11 is 0. The van der Waals surface area contributed by atoms with Crippen LogP contribution in [0.4, 0.5) is 0 Å². The third kappa shape index (κ3) is 4.26. The molecule has 0 aliphatic carbocycles. The first kappa shape index (κ1) is 19.5. The maximum absolute atomic E-state index is 6.22. The average Bonchev–Trinajstić information content (AvgIpc) is 2.74. The fourth-order valence-electron chi connectivity index (χ4n) is 2.99. The molecule has 4 nitrogen and oxygen atoms in total. The Morgan fingerprint density at radius 1 is 1.07 bits per heavy atom. The highest BCUT2D eigenvalue weighted by Gasteiger charge is 2.12. The zero-order valence-electron chi connectivity index (χ0n) is 17.3. The Kier molecular flexibility index (Phi) is 5.12. The van der Waals surface area contributed by atoms with E-state index in [4.69, 9.17) is 9.25 Å². The van der Waals surface area contributed by atoms with Crippen LogP contribution in [0.2, 0.25) is 0 Å². The molecule has 0 radical (unpaired) electrons. The molecular formula is C26H22N2O2. The molecule has 4 heteroatoms. The lowest BCUT2D eigenvalue weighted by Gasteiger charge is -2.15. The van der Waals surface area contributed by atoms with Crippen molar-refractivity contribution in [3.8, 4) is 23.3 Å². The van der Waals surface area contributed by atoms with Crippen LogP contribution in [0.5, 0.6) is 0 Å². The first-order valence-corrected chi connectivity index (χ1v) is 9.71. The third-order valence-electron chi connectivity index (χ3n) is 4.37. The van der Waals surface area contributed by atoms with Crippen LogP contribution in [0.1, 0.15) is 26.3 Å². The number of hydrogen-bond donors (Lipinski definition) is 0. The van der Waals surface area contributed by atoms with Crippen LogP contribution in [0.3, 0.4) is 0 Å². The maximum atomic E-state index is 6.22. The summed E-state index contributed by atoms with van der Waals surface area (Å²) in [6, 6.07) is 17.7. The minimum atomic E-state index is -0.407. The molecule has 4 aromatic rings. The molecule has 0 spiro atoms. The Bertz CT molecular complexity index is 1380. The predicted octanol–water partition coefficient (Wildman–Crippen LogP) is 5.82. The normalized spacial score (nSPS) is 11.9. The van der Waals surface area contributed by atoms with E-state index in [1.807, 2.05) is 75.5 Å². The highest BCUT2D eigenvalue weighted by molar-refractivity contribution is 5.85. The highest BCUT2D eigenvalue weighted by Crippen LogP contribution is 2.24. The van der Waals surface area contributed by atoms with E-state index < -0.39 is 5.60 Å². The summed E-state index contributed by atoms with van der Waals surface area (Å²) in [5, 5.41) is 8.09. The van der Waals surface area contributed by atoms with E-state index in [9.17, 15) is 0 Å². The Balaban J connectivity index is 1.94. The summed E-state index contributed by atoms with van der Waals surface area (Å²) in [6.45, 7) is 9.52. The number of allylic oxidation sites excluding steroid dienone is 1. The zero-order chi connectivity index (χ0) is 21.1. The van der Waals surface area contributed by atoms with E-state index in [0.717, 1.165) is 27.4 Å². The van der Waals surface area contributed by atoms with Crippen molar-refractivity contribution in [2.45, 2.75) is 26.4 Å². The number of rotatable bonds is 2. The molecule has 0 aliphatic rings. The number of nitrogens with zero attached hydrogens (tertiary/aromatic N) is 2. The number of benzene rings is 2. The summed E-state index contributed by atoms with van der Waals surface area (Å²) in [4.78, 5) is 10.3. The van der Waals surface area contributed by atoms with Crippen LogP contribution in [-0.4, -0.2) is 10.6 Å². The monoisotopic (exact) mass is 394 g/mol. The van der Waals surface area contributed by atoms with Gasteiger partial charge in [-0.05, 0) is 56.5 Å². The van der Waals surface area contributed by atoms with Gasteiger partial charge in [0.15, 0.2) is 5.76 Å². The summed E-state index contributed by atoms with van der Waals surface area (Å²) < 4.78 is 6.22. The average molecular weight is 394 g/mol. The molecule has 0 saturated heterocycles. The van der Waals surface area contributed by atoms with E-state index in [1.54, 1.807) is 6.08 Å². The van der Waals surface area contributed by atoms with Crippen molar-refractivity contribution in [3.63, 3.8) is 0 Å². The van der Waals surface area contributed by atoms with Crippen LogP contribution in [0, 0.1) is 11.8 Å². The SMILES string of the molecule is C=CC#Cc1ccc2c(=NOC(C)(C)C)cc(-c3cc4ccccc4cn3)oc2c1. The first-order valence-electron chi connectivity index (χ1n) is 9.71. The van der Waals surface area contributed by atoms with Crippen molar-refractivity contribution >= 4 is 21.7 Å². The lowest BCUT2D eigenvalue weighted by molar-refractivity contribution is -0.00585. The molecule has 2 aromatic carbocycles. The standard InChI is InChI=1S/C26H22N2O2/c1-5-6-9-18-12-13-21-22(28-30-26(2,3)4)16-25(29-24(21)14-18)23-15-19-10-7-8-11-20(19)17-27-23/h5,7-8,10-17H,1H2,2-4H3. The number of fused-ring (bicyclic) bond motifs is 2. The first-order chi connectivity index (χ1) is 14.4. The topological polar surface area (TPSA) is 47.6 Å². The molecule has 2 heterocycles. The molecule has 4 rings (SSSR count). The van der Waals surface area contributed by atoms with Gasteiger partial charge < -0.3 is 9.25 Å². The number of hydrogen-bond acceptors (Lipinski definition) is 4. The van der Waals surface area contributed by atoms with Gasteiger partial charge in [0.1, 0.15) is 22.2 Å². The molecule has 0 N–H and O–H groups in total. The van der Waals surface area contributed by atoms with Gasteiger partial charge in [0, 0.05) is 28.6 Å². The quantitative estimate of drug-likeness (QED) is 0.318. The smallest absolute Gasteiger partial charge is 0.155 e. The van der Waals surface area contributed by atoms with Crippen molar-refractivity contribution < 1.29 is 9.25 Å². The van der Waals surface area contributed by atoms with E-state index in [2.05, 4.69) is 34.6 Å². The molecular weight excluding hydrogens is 372 g/mol. The van der Waals surface area contributed by atoms with Crippen LogP contribution < -0.4 is 5.36 Å². The predicted molar refractivity (Wildman–Crippen MR) is 120 cm³/mol. The van der Waals surface area contributed by atoms with Crippen LogP contribution in [-0.2, 0) is 4.84 Å². The van der Waals surface area contributed by atoms with Gasteiger partial charge in [-0.1, -0.05) is 47.8 Å². The van der Waals surface area contributed by atoms with Crippen LogP contribution in [0.15, 0.2) is 83.0 Å². The highest BCUT2D eigenvalue weighted by atomic mass is 16.6. The van der Waals surface area contributed by atoms with E-state index in [0.29, 0.717) is 16.7 Å². The molecule has 0 bridgehead atoms. The molecule has 148 valence electrons. The van der Waals surface area contributed by atoms with Gasteiger partial charge in [0.25, 0.3) is 0 Å². The molecule has 2 aromatic heterocycles. The van der Waals surface area contributed by atoms with Crippen LogP contribution >= 0.6 is 0 Å². The summed E-state index contributed by atoms with van der Waals surface area (Å²) in [5.41, 5.74) is 1.81. The second-order valence-corrected chi connectivity index (χ2v) is 7.89. The van der Waals surface area contributed by atoms with Crippen molar-refractivity contribution in [3.05, 3.63) is 84.4 Å². The Morgan fingerprint density at radius 3 is 2.63 bits per heavy atom. The summed E-state index contributed by atoms with van der Waals surface area (Å²) in [7, 11) is 0. The molecule has 0 unspecified atom stereocenters. The van der Waals surface area contributed by atoms with Crippen LogP contribution in [0.25, 0.3) is 33.2 Å². The fraction of sp³-hybridized carbons (Fsp3) is 0.154. The van der Waals surface area contributed by atoms with E-state index >= 15 is 0 Å². The van der Waals surface area contributed by atoms with Crippen molar-refractivity contribution in [2.75, 3.05) is 0 Å².